The fourth-order valence-electron chi connectivity index (χ4n) is 4.89. The van der Waals surface area contributed by atoms with Crippen LogP contribution < -0.4 is 5.32 Å². The maximum absolute atomic E-state index is 13.2. The lowest BCUT2D eigenvalue weighted by molar-refractivity contribution is -0.143. The number of fused-ring (bicyclic) bond motifs is 2. The summed E-state index contributed by atoms with van der Waals surface area (Å²) in [5, 5.41) is 24.6. The Labute approximate surface area is 220 Å². The molecule has 4 rings (SSSR count). The van der Waals surface area contributed by atoms with Gasteiger partial charge >= 0.3 is 0 Å². The van der Waals surface area contributed by atoms with Crippen molar-refractivity contribution in [3.05, 3.63) is 28.8 Å². The number of alkyl halides is 1. The molecule has 0 bridgehead atoms. The number of Topliss-reactive ketones (excluding diaryl/α,β-unsaturated/α-hetero) is 1. The van der Waals surface area contributed by atoms with E-state index < -0.39 is 40.6 Å². The fraction of sp³-hybridized carbons (Fsp3) is 0.654. The molecule has 2 saturated heterocycles. The first kappa shape index (κ1) is 27.4. The third-order valence-corrected chi connectivity index (χ3v) is 8.90. The highest BCUT2D eigenvalue weighted by molar-refractivity contribution is 7.18. The lowest BCUT2D eigenvalue weighted by Gasteiger charge is -2.34. The Morgan fingerprint density at radius 1 is 1.22 bits per heavy atom. The second-order valence-corrected chi connectivity index (χ2v) is 12.7. The number of aliphatic hydroxyl groups is 2. The van der Waals surface area contributed by atoms with Gasteiger partial charge in [0.25, 0.3) is 0 Å². The van der Waals surface area contributed by atoms with Gasteiger partial charge in [-0.25, -0.2) is 4.98 Å². The molecule has 2 aliphatic rings. The topological polar surface area (TPSA) is 121 Å². The first-order chi connectivity index (χ1) is 16.8. The summed E-state index contributed by atoms with van der Waals surface area (Å²) in [6, 6.07) is 5.45. The summed E-state index contributed by atoms with van der Waals surface area (Å²) in [4.78, 5) is 30.9. The summed E-state index contributed by atoms with van der Waals surface area (Å²) in [5.41, 5.74) is 0.474. The van der Waals surface area contributed by atoms with E-state index in [4.69, 9.17) is 21.1 Å². The molecule has 1 aromatic heterocycles. The highest BCUT2D eigenvalue weighted by atomic mass is 35.5. The number of ketones is 1. The predicted octanol–water partition coefficient (Wildman–Crippen LogP) is 3.50. The normalized spacial score (nSPS) is 36.3. The number of aliphatic hydroxyl groups excluding tert-OH is 2. The summed E-state index contributed by atoms with van der Waals surface area (Å²) in [6.45, 7) is 8.92. The molecule has 2 aliphatic heterocycles. The van der Waals surface area contributed by atoms with Crippen molar-refractivity contribution in [3.63, 3.8) is 0 Å². The third-order valence-electron chi connectivity index (χ3n) is 7.50. The zero-order chi connectivity index (χ0) is 26.4. The summed E-state index contributed by atoms with van der Waals surface area (Å²) in [6.07, 6.45) is -2.41. The average molecular weight is 539 g/mol. The lowest BCUT2D eigenvalue weighted by Crippen LogP contribution is -2.47. The zero-order valence-corrected chi connectivity index (χ0v) is 22.9. The number of amides is 1. The van der Waals surface area contributed by atoms with Gasteiger partial charge in [0.1, 0.15) is 11.9 Å². The van der Waals surface area contributed by atoms with Gasteiger partial charge in [0.05, 0.1) is 58.5 Å². The molecule has 7 atom stereocenters. The number of hydrogen-bond donors (Lipinski definition) is 3. The van der Waals surface area contributed by atoms with Gasteiger partial charge in [-0.15, -0.1) is 11.3 Å². The molecule has 2 fully saturated rings. The minimum Gasteiger partial charge on any atom is -0.392 e. The smallest absolute Gasteiger partial charge is 0.223 e. The van der Waals surface area contributed by atoms with Crippen LogP contribution in [0, 0.1) is 24.2 Å². The Morgan fingerprint density at radius 2 is 1.94 bits per heavy atom. The van der Waals surface area contributed by atoms with Crippen LogP contribution in [0.3, 0.4) is 0 Å². The van der Waals surface area contributed by atoms with Gasteiger partial charge in [0, 0.05) is 18.3 Å². The van der Waals surface area contributed by atoms with Gasteiger partial charge in [-0.3, -0.25) is 9.59 Å². The number of halogens is 1. The maximum atomic E-state index is 13.2. The molecule has 0 unspecified atom stereocenters. The molecule has 1 aromatic carbocycles. The standard InChI is InChI=1S/C26H35ClN2O6S/c1-13-11-34-12-26(27)21(35-26)9-17(16-6-7-19-18(8-16)28-15(3)36-19)29-22(31)10-20(30)25(4,5)24(33)14(2)23(13)32/h6-8,13-14,17,20-21,23,30,32H,9-12H2,1-5H3,(H,29,31)/t13-,14+,17-,20-,21-,23-,26+/m0/s1. The zero-order valence-electron chi connectivity index (χ0n) is 21.3. The van der Waals surface area contributed by atoms with Gasteiger partial charge in [-0.2, -0.15) is 0 Å². The van der Waals surface area contributed by atoms with Crippen LogP contribution in [-0.2, 0) is 19.1 Å². The number of carbonyl (C=O) groups is 2. The average Bonchev–Trinajstić information content (AvgIpc) is 3.28. The van der Waals surface area contributed by atoms with Gasteiger partial charge < -0.3 is 25.0 Å². The van der Waals surface area contributed by atoms with E-state index in [-0.39, 0.29) is 37.4 Å². The van der Waals surface area contributed by atoms with Crippen molar-refractivity contribution in [3.8, 4) is 0 Å². The molecular formula is C26H35ClN2O6S. The molecule has 36 heavy (non-hydrogen) atoms. The van der Waals surface area contributed by atoms with Crippen LogP contribution in [0.4, 0.5) is 0 Å². The summed E-state index contributed by atoms with van der Waals surface area (Å²) in [5.74, 6) is -1.80. The van der Waals surface area contributed by atoms with Crippen LogP contribution in [0.25, 0.3) is 10.2 Å². The van der Waals surface area contributed by atoms with E-state index in [0.717, 1.165) is 20.8 Å². The number of epoxide rings is 1. The van der Waals surface area contributed by atoms with E-state index in [0.29, 0.717) is 6.42 Å². The van der Waals surface area contributed by atoms with Crippen LogP contribution in [0.15, 0.2) is 18.2 Å². The fourth-order valence-corrected chi connectivity index (χ4v) is 5.97. The Bertz CT molecular complexity index is 1140. The number of ether oxygens (including phenoxy) is 2. The number of carbonyl (C=O) groups excluding carboxylic acids is 2. The molecule has 8 nitrogen and oxygen atoms in total. The SMILES string of the molecule is Cc1nc2cc([C@@H]3C[C@@H]4O[C@]4(Cl)COC[C@H](C)[C@H](O)[C@@H](C)C(=O)C(C)(C)[C@@H](O)CC(=O)N3)ccc2s1. The van der Waals surface area contributed by atoms with Gasteiger partial charge in [-0.1, -0.05) is 45.4 Å². The number of hydrogen-bond acceptors (Lipinski definition) is 8. The molecule has 0 radical (unpaired) electrons. The summed E-state index contributed by atoms with van der Waals surface area (Å²) >= 11 is 8.23. The van der Waals surface area contributed by atoms with Gasteiger partial charge in [-0.05, 0) is 24.6 Å². The minimum absolute atomic E-state index is 0.119. The Balaban J connectivity index is 1.61. The van der Waals surface area contributed by atoms with Crippen molar-refractivity contribution < 1.29 is 29.3 Å². The minimum atomic E-state index is -1.23. The van der Waals surface area contributed by atoms with Crippen molar-refractivity contribution >= 4 is 44.8 Å². The second kappa shape index (κ2) is 10.3. The highest BCUT2D eigenvalue weighted by Gasteiger charge is 2.56. The van der Waals surface area contributed by atoms with Crippen molar-refractivity contribution in [1.29, 1.82) is 0 Å². The third kappa shape index (κ3) is 5.61. The number of aryl methyl sites for hydroxylation is 1. The Hall–Kier alpha value is -1.62. The number of nitrogens with one attached hydrogen (secondary N) is 1. The Morgan fingerprint density at radius 3 is 2.67 bits per heavy atom. The molecule has 2 aromatic rings. The Kier molecular flexibility index (Phi) is 7.82. The summed E-state index contributed by atoms with van der Waals surface area (Å²) < 4.78 is 12.6. The van der Waals surface area contributed by atoms with Crippen LogP contribution >= 0.6 is 22.9 Å². The molecule has 1 amide bonds. The van der Waals surface area contributed by atoms with E-state index in [1.54, 1.807) is 39.0 Å². The first-order valence-corrected chi connectivity index (χ1v) is 13.5. The molecule has 198 valence electrons. The van der Waals surface area contributed by atoms with Gasteiger partial charge in [0.15, 0.2) is 5.06 Å². The van der Waals surface area contributed by atoms with E-state index >= 15 is 0 Å². The quantitative estimate of drug-likeness (QED) is 0.375. The van der Waals surface area contributed by atoms with Crippen LogP contribution in [-0.4, -0.2) is 63.5 Å². The molecule has 0 aliphatic carbocycles. The summed E-state index contributed by atoms with van der Waals surface area (Å²) in [7, 11) is 0. The van der Waals surface area contributed by atoms with Crippen LogP contribution in [0.1, 0.15) is 57.1 Å². The van der Waals surface area contributed by atoms with E-state index in [1.807, 2.05) is 25.1 Å². The highest BCUT2D eigenvalue weighted by Crippen LogP contribution is 2.46. The molecule has 3 N–H and O–H groups in total. The van der Waals surface area contributed by atoms with Crippen molar-refractivity contribution in [1.82, 2.24) is 10.3 Å². The van der Waals surface area contributed by atoms with Crippen LogP contribution in [0.2, 0.25) is 0 Å². The number of aromatic nitrogens is 1. The molecular weight excluding hydrogens is 504 g/mol. The van der Waals surface area contributed by atoms with Crippen molar-refractivity contribution in [2.24, 2.45) is 17.3 Å². The molecule has 0 saturated carbocycles. The predicted molar refractivity (Wildman–Crippen MR) is 138 cm³/mol. The number of nitrogens with zero attached hydrogens (tertiary/aromatic N) is 1. The number of thiazole rings is 1. The lowest BCUT2D eigenvalue weighted by atomic mass is 9.73. The van der Waals surface area contributed by atoms with E-state index in [1.165, 1.54) is 0 Å². The van der Waals surface area contributed by atoms with Crippen molar-refractivity contribution in [2.75, 3.05) is 13.2 Å². The second-order valence-electron chi connectivity index (χ2n) is 10.8. The number of benzene rings is 1. The van der Waals surface area contributed by atoms with E-state index in [9.17, 15) is 19.8 Å². The largest absolute Gasteiger partial charge is 0.392 e. The van der Waals surface area contributed by atoms with Crippen LogP contribution in [0.5, 0.6) is 0 Å². The number of rotatable bonds is 1. The molecule has 3 heterocycles. The van der Waals surface area contributed by atoms with E-state index in [2.05, 4.69) is 10.3 Å². The monoisotopic (exact) mass is 538 g/mol. The first-order valence-electron chi connectivity index (χ1n) is 12.3. The molecule has 0 spiro atoms. The van der Waals surface area contributed by atoms with Crippen molar-refractivity contribution in [2.45, 2.75) is 76.9 Å². The molecule has 10 heteroatoms. The maximum Gasteiger partial charge on any atom is 0.223 e. The van der Waals surface area contributed by atoms with Gasteiger partial charge in [0.2, 0.25) is 5.91 Å².